The Balaban J connectivity index is 1.43. The molecule has 3 aromatic rings. The Bertz CT molecular complexity index is 1050. The second-order valence-corrected chi connectivity index (χ2v) is 6.96. The normalized spacial score (nSPS) is 13.8. The van der Waals surface area contributed by atoms with Crippen molar-refractivity contribution < 1.29 is 14.3 Å². The van der Waals surface area contributed by atoms with Gasteiger partial charge in [0, 0.05) is 43.5 Å². The van der Waals surface area contributed by atoms with Gasteiger partial charge in [-0.05, 0) is 24.3 Å². The topological polar surface area (TPSA) is 75.6 Å². The summed E-state index contributed by atoms with van der Waals surface area (Å²) in [6, 6.07) is 18.4. The number of methoxy groups -OCH3 is 1. The van der Waals surface area contributed by atoms with E-state index in [-0.39, 0.29) is 5.91 Å². The molecule has 2 heterocycles. The van der Waals surface area contributed by atoms with Crippen LogP contribution in [0.2, 0.25) is 0 Å². The molecular formula is C23H22N4O3. The van der Waals surface area contributed by atoms with E-state index in [2.05, 4.69) is 9.88 Å². The summed E-state index contributed by atoms with van der Waals surface area (Å²) in [6.45, 7) is 2.50. The first kappa shape index (κ1) is 19.6. The van der Waals surface area contributed by atoms with Crippen molar-refractivity contribution in [3.63, 3.8) is 0 Å². The number of esters is 1. The van der Waals surface area contributed by atoms with Crippen LogP contribution in [0.1, 0.15) is 20.7 Å². The van der Waals surface area contributed by atoms with Crippen molar-refractivity contribution in [3.8, 4) is 11.4 Å². The Hall–Kier alpha value is -3.74. The number of carbonyl (C=O) groups is 2. The molecule has 7 nitrogen and oxygen atoms in total. The number of hydrogen-bond donors (Lipinski definition) is 0. The minimum Gasteiger partial charge on any atom is -0.465 e. The Morgan fingerprint density at radius 2 is 1.63 bits per heavy atom. The molecule has 0 bridgehead atoms. The fraction of sp³-hybridized carbons (Fsp3) is 0.217. The van der Waals surface area contributed by atoms with Crippen molar-refractivity contribution >= 4 is 17.7 Å². The average Bonchev–Trinajstić information content (AvgIpc) is 2.84. The van der Waals surface area contributed by atoms with Crippen LogP contribution in [-0.4, -0.2) is 60.0 Å². The molecule has 1 amide bonds. The first-order valence-corrected chi connectivity index (χ1v) is 9.77. The van der Waals surface area contributed by atoms with Crippen LogP contribution in [0.25, 0.3) is 11.4 Å². The van der Waals surface area contributed by atoms with Crippen molar-refractivity contribution in [2.45, 2.75) is 0 Å². The zero-order valence-electron chi connectivity index (χ0n) is 16.7. The summed E-state index contributed by atoms with van der Waals surface area (Å²) in [5.74, 6) is 0.996. The third-order valence-electron chi connectivity index (χ3n) is 5.09. The van der Waals surface area contributed by atoms with E-state index in [1.165, 1.54) is 7.11 Å². The van der Waals surface area contributed by atoms with Gasteiger partial charge in [-0.2, -0.15) is 0 Å². The van der Waals surface area contributed by atoms with Crippen LogP contribution in [-0.2, 0) is 4.74 Å². The van der Waals surface area contributed by atoms with E-state index in [1.807, 2.05) is 36.4 Å². The van der Waals surface area contributed by atoms with Gasteiger partial charge in [0.15, 0.2) is 5.82 Å². The van der Waals surface area contributed by atoms with Crippen LogP contribution in [0.5, 0.6) is 0 Å². The van der Waals surface area contributed by atoms with Crippen LogP contribution >= 0.6 is 0 Å². The Morgan fingerprint density at radius 3 is 2.37 bits per heavy atom. The molecule has 0 aliphatic carbocycles. The van der Waals surface area contributed by atoms with Gasteiger partial charge in [-0.15, -0.1) is 0 Å². The van der Waals surface area contributed by atoms with Gasteiger partial charge in [-0.3, -0.25) is 4.79 Å². The smallest absolute Gasteiger partial charge is 0.337 e. The molecule has 152 valence electrons. The summed E-state index contributed by atoms with van der Waals surface area (Å²) in [4.78, 5) is 37.6. The zero-order valence-corrected chi connectivity index (χ0v) is 16.7. The molecule has 1 aromatic heterocycles. The molecule has 0 N–H and O–H groups in total. The third kappa shape index (κ3) is 4.15. The molecule has 30 heavy (non-hydrogen) atoms. The molecule has 0 spiro atoms. The van der Waals surface area contributed by atoms with Crippen LogP contribution < -0.4 is 4.90 Å². The van der Waals surface area contributed by atoms with Gasteiger partial charge in [0.05, 0.1) is 12.7 Å². The summed E-state index contributed by atoms with van der Waals surface area (Å²) in [7, 11) is 1.33. The second kappa shape index (κ2) is 8.73. The van der Waals surface area contributed by atoms with E-state index in [0.717, 1.165) is 11.4 Å². The summed E-state index contributed by atoms with van der Waals surface area (Å²) in [5.41, 5.74) is 1.83. The van der Waals surface area contributed by atoms with Gasteiger partial charge in [0.25, 0.3) is 5.91 Å². The second-order valence-electron chi connectivity index (χ2n) is 6.96. The first-order valence-electron chi connectivity index (χ1n) is 9.77. The SMILES string of the molecule is COC(=O)c1cccc(C(=O)N2CCN(c3ccnc(-c4ccccc4)n3)CC2)c1. The highest BCUT2D eigenvalue weighted by Gasteiger charge is 2.23. The number of piperazine rings is 1. The largest absolute Gasteiger partial charge is 0.465 e. The van der Waals surface area contributed by atoms with E-state index in [4.69, 9.17) is 9.72 Å². The lowest BCUT2D eigenvalue weighted by atomic mass is 10.1. The predicted octanol–water partition coefficient (Wildman–Crippen LogP) is 2.89. The minimum absolute atomic E-state index is 0.0898. The highest BCUT2D eigenvalue weighted by atomic mass is 16.5. The number of amides is 1. The molecule has 1 fully saturated rings. The van der Waals surface area contributed by atoms with E-state index in [1.54, 1.807) is 35.4 Å². The minimum atomic E-state index is -0.451. The van der Waals surface area contributed by atoms with Gasteiger partial charge in [-0.1, -0.05) is 36.4 Å². The Morgan fingerprint density at radius 1 is 0.900 bits per heavy atom. The maximum atomic E-state index is 12.9. The van der Waals surface area contributed by atoms with Crippen molar-refractivity contribution in [1.29, 1.82) is 0 Å². The number of carbonyl (C=O) groups excluding carboxylic acids is 2. The van der Waals surface area contributed by atoms with Crippen molar-refractivity contribution in [3.05, 3.63) is 78.0 Å². The summed E-state index contributed by atoms with van der Waals surface area (Å²) in [5, 5.41) is 0. The Kier molecular flexibility index (Phi) is 5.70. The molecule has 7 heteroatoms. The highest BCUT2D eigenvalue weighted by Crippen LogP contribution is 2.20. The van der Waals surface area contributed by atoms with Gasteiger partial charge in [-0.25, -0.2) is 14.8 Å². The molecule has 0 radical (unpaired) electrons. The number of aromatic nitrogens is 2. The van der Waals surface area contributed by atoms with Crippen LogP contribution in [0, 0.1) is 0 Å². The fourth-order valence-electron chi connectivity index (χ4n) is 3.47. The molecule has 0 unspecified atom stereocenters. The zero-order chi connectivity index (χ0) is 20.9. The number of rotatable bonds is 4. The number of hydrogen-bond acceptors (Lipinski definition) is 6. The first-order chi connectivity index (χ1) is 14.7. The molecule has 1 aliphatic heterocycles. The quantitative estimate of drug-likeness (QED) is 0.625. The average molecular weight is 402 g/mol. The number of nitrogens with zero attached hydrogens (tertiary/aromatic N) is 4. The van der Waals surface area contributed by atoms with E-state index < -0.39 is 5.97 Å². The summed E-state index contributed by atoms with van der Waals surface area (Å²) >= 11 is 0. The van der Waals surface area contributed by atoms with Crippen molar-refractivity contribution in [1.82, 2.24) is 14.9 Å². The van der Waals surface area contributed by atoms with E-state index in [0.29, 0.717) is 43.1 Å². The maximum absolute atomic E-state index is 12.9. The van der Waals surface area contributed by atoms with Crippen molar-refractivity contribution in [2.24, 2.45) is 0 Å². The monoisotopic (exact) mass is 402 g/mol. The van der Waals surface area contributed by atoms with Gasteiger partial charge in [0.1, 0.15) is 5.82 Å². The molecular weight excluding hydrogens is 380 g/mol. The Labute approximate surface area is 174 Å². The summed E-state index contributed by atoms with van der Waals surface area (Å²) in [6.07, 6.45) is 1.76. The van der Waals surface area contributed by atoms with E-state index in [9.17, 15) is 9.59 Å². The number of anilines is 1. The van der Waals surface area contributed by atoms with Gasteiger partial charge < -0.3 is 14.5 Å². The molecule has 1 saturated heterocycles. The van der Waals surface area contributed by atoms with Crippen LogP contribution in [0.15, 0.2) is 66.9 Å². The predicted molar refractivity (Wildman–Crippen MR) is 113 cm³/mol. The summed E-state index contributed by atoms with van der Waals surface area (Å²) < 4.78 is 4.74. The lowest BCUT2D eigenvalue weighted by molar-refractivity contribution is 0.0600. The lowest BCUT2D eigenvalue weighted by Crippen LogP contribution is -2.49. The molecule has 2 aromatic carbocycles. The van der Waals surface area contributed by atoms with Crippen LogP contribution in [0.3, 0.4) is 0 Å². The lowest BCUT2D eigenvalue weighted by Gasteiger charge is -2.35. The maximum Gasteiger partial charge on any atom is 0.337 e. The van der Waals surface area contributed by atoms with Gasteiger partial charge >= 0.3 is 5.97 Å². The molecule has 0 atom stereocenters. The van der Waals surface area contributed by atoms with Crippen LogP contribution in [0.4, 0.5) is 5.82 Å². The van der Waals surface area contributed by atoms with Gasteiger partial charge in [0.2, 0.25) is 0 Å². The van der Waals surface area contributed by atoms with E-state index >= 15 is 0 Å². The third-order valence-corrected chi connectivity index (χ3v) is 5.09. The standard InChI is InChI=1S/C23H22N4O3/c1-30-23(29)19-9-5-8-18(16-19)22(28)27-14-12-26(13-15-27)20-10-11-24-21(25-20)17-6-3-2-4-7-17/h2-11,16H,12-15H2,1H3. The molecule has 0 saturated carbocycles. The number of benzene rings is 2. The molecule has 4 rings (SSSR count). The fourth-order valence-corrected chi connectivity index (χ4v) is 3.47. The molecule has 1 aliphatic rings. The number of ether oxygens (including phenoxy) is 1. The highest BCUT2D eigenvalue weighted by molar-refractivity contribution is 5.98. The van der Waals surface area contributed by atoms with Crippen molar-refractivity contribution in [2.75, 3.05) is 38.2 Å².